The molecular weight excluding hydrogens is 209 g/mol. The fraction of sp³-hybridized carbons (Fsp3) is 0.250. The summed E-state index contributed by atoms with van der Waals surface area (Å²) < 4.78 is 12.3. The van der Waals surface area contributed by atoms with Crippen molar-refractivity contribution < 1.29 is 14.3 Å². The second-order valence-corrected chi connectivity index (χ2v) is 3.54. The van der Waals surface area contributed by atoms with Crippen LogP contribution in [0.4, 0.5) is 4.39 Å². The molecule has 0 unspecified atom stereocenters. The molecule has 0 aliphatic rings. The molecule has 0 aromatic heterocycles. The van der Waals surface area contributed by atoms with Crippen LogP contribution in [0.25, 0.3) is 0 Å². The van der Waals surface area contributed by atoms with Gasteiger partial charge in [-0.25, -0.2) is 4.39 Å². The zero-order valence-electron chi connectivity index (χ0n) is 8.82. The number of nitrogens with two attached hydrogens (primary N) is 1. The molecule has 0 saturated heterocycles. The third-order valence-electron chi connectivity index (χ3n) is 2.23. The Morgan fingerprint density at radius 2 is 1.75 bits per heavy atom. The van der Waals surface area contributed by atoms with E-state index >= 15 is 0 Å². The largest absolute Gasteiger partial charge is 0.481 e. The smallest absolute Gasteiger partial charge is 0.307 e. The van der Waals surface area contributed by atoms with E-state index in [1.54, 1.807) is 24.3 Å². The Labute approximate surface area is 93.4 Å². The highest BCUT2D eigenvalue weighted by molar-refractivity contribution is 5.70. The first-order valence-corrected chi connectivity index (χ1v) is 4.93. The first kappa shape index (κ1) is 12.4. The van der Waals surface area contributed by atoms with Gasteiger partial charge in [0.25, 0.3) is 0 Å². The van der Waals surface area contributed by atoms with Crippen LogP contribution < -0.4 is 5.73 Å². The molecular formula is C12H14FNO2. The fourth-order valence-corrected chi connectivity index (χ4v) is 1.37. The number of carboxylic acids is 1. The minimum atomic E-state index is -0.862. The first-order chi connectivity index (χ1) is 7.65. The van der Waals surface area contributed by atoms with Crippen molar-refractivity contribution in [3.8, 4) is 0 Å². The minimum Gasteiger partial charge on any atom is -0.481 e. The van der Waals surface area contributed by atoms with E-state index in [-0.39, 0.29) is 13.0 Å². The quantitative estimate of drug-likeness (QED) is 0.798. The van der Waals surface area contributed by atoms with Gasteiger partial charge in [-0.3, -0.25) is 4.79 Å². The van der Waals surface area contributed by atoms with Crippen LogP contribution in [0.5, 0.6) is 0 Å². The zero-order valence-corrected chi connectivity index (χ0v) is 8.82. The SMILES string of the molecule is NC/C(=C\F)Cc1ccc(CC(=O)O)cc1. The monoisotopic (exact) mass is 223 g/mol. The summed E-state index contributed by atoms with van der Waals surface area (Å²) in [4.78, 5) is 10.4. The minimum absolute atomic E-state index is 0.00295. The van der Waals surface area contributed by atoms with E-state index in [1.165, 1.54) is 0 Å². The highest BCUT2D eigenvalue weighted by Crippen LogP contribution is 2.10. The lowest BCUT2D eigenvalue weighted by Crippen LogP contribution is -2.05. The normalized spacial score (nSPS) is 11.5. The van der Waals surface area contributed by atoms with Crippen LogP contribution in [0.1, 0.15) is 11.1 Å². The Hall–Kier alpha value is -1.68. The summed E-state index contributed by atoms with van der Waals surface area (Å²) in [5.41, 5.74) is 7.51. The third kappa shape index (κ3) is 3.82. The van der Waals surface area contributed by atoms with Gasteiger partial charge >= 0.3 is 5.97 Å². The fourth-order valence-electron chi connectivity index (χ4n) is 1.37. The van der Waals surface area contributed by atoms with Gasteiger partial charge in [0.05, 0.1) is 12.8 Å². The molecule has 0 bridgehead atoms. The molecule has 0 radical (unpaired) electrons. The van der Waals surface area contributed by atoms with Crippen LogP contribution in [0, 0.1) is 0 Å². The number of hydrogen-bond acceptors (Lipinski definition) is 2. The molecule has 0 aliphatic heterocycles. The highest BCUT2D eigenvalue weighted by atomic mass is 19.1. The van der Waals surface area contributed by atoms with Gasteiger partial charge < -0.3 is 10.8 Å². The maximum absolute atomic E-state index is 12.3. The van der Waals surface area contributed by atoms with Gasteiger partial charge in [0.15, 0.2) is 0 Å². The summed E-state index contributed by atoms with van der Waals surface area (Å²) in [6, 6.07) is 7.04. The van der Waals surface area contributed by atoms with E-state index in [0.717, 1.165) is 11.1 Å². The number of hydrogen-bond donors (Lipinski definition) is 2. The van der Waals surface area contributed by atoms with Crippen LogP contribution in [0.3, 0.4) is 0 Å². The second kappa shape index (κ2) is 6.02. The number of rotatable bonds is 5. The zero-order chi connectivity index (χ0) is 12.0. The third-order valence-corrected chi connectivity index (χ3v) is 2.23. The molecule has 3 N–H and O–H groups in total. The second-order valence-electron chi connectivity index (χ2n) is 3.54. The van der Waals surface area contributed by atoms with Gasteiger partial charge in [-0.1, -0.05) is 24.3 Å². The standard InChI is InChI=1S/C12H14FNO2/c13-7-11(8-14)5-9-1-3-10(4-2-9)6-12(15)16/h1-4,7H,5-6,8,14H2,(H,15,16)/b11-7-. The van der Waals surface area contributed by atoms with Gasteiger partial charge in [-0.15, -0.1) is 0 Å². The van der Waals surface area contributed by atoms with Crippen molar-refractivity contribution >= 4 is 5.97 Å². The van der Waals surface area contributed by atoms with E-state index in [0.29, 0.717) is 18.3 Å². The molecule has 1 rings (SSSR count). The van der Waals surface area contributed by atoms with Crippen LogP contribution in [-0.2, 0) is 17.6 Å². The van der Waals surface area contributed by atoms with E-state index in [4.69, 9.17) is 10.8 Å². The van der Waals surface area contributed by atoms with Gasteiger partial charge in [0.1, 0.15) is 0 Å². The maximum Gasteiger partial charge on any atom is 0.307 e. The predicted octanol–water partition coefficient (Wildman–Crippen LogP) is 1.67. The molecule has 16 heavy (non-hydrogen) atoms. The molecule has 0 saturated carbocycles. The molecule has 0 atom stereocenters. The average molecular weight is 223 g/mol. The summed E-state index contributed by atoms with van der Waals surface area (Å²) in [6.07, 6.45) is 0.981. The van der Waals surface area contributed by atoms with Crippen LogP contribution in [0.15, 0.2) is 36.2 Å². The Morgan fingerprint density at radius 3 is 2.12 bits per heavy atom. The molecule has 1 aromatic carbocycles. The summed E-state index contributed by atoms with van der Waals surface area (Å²) in [7, 11) is 0. The lowest BCUT2D eigenvalue weighted by molar-refractivity contribution is -0.136. The van der Waals surface area contributed by atoms with E-state index in [1.807, 2.05) is 0 Å². The van der Waals surface area contributed by atoms with Crippen molar-refractivity contribution in [1.29, 1.82) is 0 Å². The number of benzene rings is 1. The first-order valence-electron chi connectivity index (χ1n) is 4.93. The van der Waals surface area contributed by atoms with Gasteiger partial charge in [-0.05, 0) is 23.1 Å². The summed E-state index contributed by atoms with van der Waals surface area (Å²) in [5.74, 6) is -0.862. The van der Waals surface area contributed by atoms with Crippen LogP contribution in [0.2, 0.25) is 0 Å². The molecule has 0 aliphatic carbocycles. The number of aliphatic carboxylic acids is 1. The van der Waals surface area contributed by atoms with Crippen molar-refractivity contribution in [2.75, 3.05) is 6.54 Å². The van der Waals surface area contributed by atoms with Crippen molar-refractivity contribution in [1.82, 2.24) is 0 Å². The highest BCUT2D eigenvalue weighted by Gasteiger charge is 2.02. The van der Waals surface area contributed by atoms with Crippen molar-refractivity contribution in [2.45, 2.75) is 12.8 Å². The average Bonchev–Trinajstić information content (AvgIpc) is 2.27. The van der Waals surface area contributed by atoms with Crippen molar-refractivity contribution in [2.24, 2.45) is 5.73 Å². The van der Waals surface area contributed by atoms with Gasteiger partial charge in [0.2, 0.25) is 0 Å². The van der Waals surface area contributed by atoms with Crippen LogP contribution >= 0.6 is 0 Å². The Morgan fingerprint density at radius 1 is 1.25 bits per heavy atom. The van der Waals surface area contributed by atoms with Gasteiger partial charge in [-0.2, -0.15) is 0 Å². The lowest BCUT2D eigenvalue weighted by Gasteiger charge is -2.04. The molecule has 4 heteroatoms. The molecule has 3 nitrogen and oxygen atoms in total. The van der Waals surface area contributed by atoms with Crippen LogP contribution in [-0.4, -0.2) is 17.6 Å². The summed E-state index contributed by atoms with van der Waals surface area (Å²) in [5, 5.41) is 8.58. The molecule has 0 amide bonds. The Kier molecular flexibility index (Phi) is 4.66. The van der Waals surface area contributed by atoms with Crippen molar-refractivity contribution in [3.63, 3.8) is 0 Å². The molecule has 0 fully saturated rings. The summed E-state index contributed by atoms with van der Waals surface area (Å²) in [6.45, 7) is 0.188. The number of halogens is 1. The van der Waals surface area contributed by atoms with Gasteiger partial charge in [0, 0.05) is 6.54 Å². The molecule has 0 spiro atoms. The van der Waals surface area contributed by atoms with E-state index in [9.17, 15) is 9.18 Å². The number of carbonyl (C=O) groups is 1. The molecule has 0 heterocycles. The number of carboxylic acid groups (broad SMARTS) is 1. The topological polar surface area (TPSA) is 63.3 Å². The molecule has 1 aromatic rings. The lowest BCUT2D eigenvalue weighted by atomic mass is 10.0. The van der Waals surface area contributed by atoms with Crippen molar-refractivity contribution in [3.05, 3.63) is 47.3 Å². The molecule has 86 valence electrons. The van der Waals surface area contributed by atoms with E-state index in [2.05, 4.69) is 0 Å². The predicted molar refractivity (Wildman–Crippen MR) is 59.7 cm³/mol. The summed E-state index contributed by atoms with van der Waals surface area (Å²) >= 11 is 0. The maximum atomic E-state index is 12.3. The Bertz CT molecular complexity index is 385. The Balaban J connectivity index is 2.68. The van der Waals surface area contributed by atoms with E-state index < -0.39 is 5.97 Å².